The Kier molecular flexibility index (Phi) is 11.3. The van der Waals surface area contributed by atoms with Gasteiger partial charge >= 0.3 is 6.09 Å². The smallest absolute Gasteiger partial charge is 0.410 e. The summed E-state index contributed by atoms with van der Waals surface area (Å²) in [6, 6.07) is 4.28. The molecule has 1 aliphatic rings. The number of hydrogen-bond acceptors (Lipinski definition) is 4. The third-order valence-corrected chi connectivity index (χ3v) is 5.67. The fraction of sp³-hybridized carbons (Fsp3) is 0.714. The van der Waals surface area contributed by atoms with Crippen LogP contribution < -0.4 is 5.32 Å². The van der Waals surface area contributed by atoms with E-state index < -0.39 is 5.60 Å². The van der Waals surface area contributed by atoms with E-state index in [0.717, 1.165) is 57.9 Å². The number of guanidine groups is 1. The Bertz CT molecular complexity index is 623. The summed E-state index contributed by atoms with van der Waals surface area (Å²) in [4.78, 5) is 22.5. The first-order chi connectivity index (χ1) is 13.3. The lowest BCUT2D eigenvalue weighted by Gasteiger charge is -2.33. The van der Waals surface area contributed by atoms with E-state index in [0.29, 0.717) is 5.92 Å². The monoisotopic (exact) mass is 536 g/mol. The summed E-state index contributed by atoms with van der Waals surface area (Å²) >= 11 is 1.80. The maximum absolute atomic E-state index is 12.2. The van der Waals surface area contributed by atoms with Gasteiger partial charge in [-0.3, -0.25) is 4.99 Å². The number of likely N-dealkylation sites (N-methyl/N-ethyl adjacent to an activating group) is 1. The number of nitrogens with zero attached hydrogens (tertiary/aromatic N) is 3. The van der Waals surface area contributed by atoms with Crippen LogP contribution in [-0.4, -0.2) is 67.2 Å². The molecule has 0 bridgehead atoms. The molecule has 1 N–H and O–H groups in total. The Morgan fingerprint density at radius 1 is 1.38 bits per heavy atom. The number of aliphatic imine (C=N–C) groups is 1. The fourth-order valence-electron chi connectivity index (χ4n) is 3.15. The number of amides is 1. The Hall–Kier alpha value is -1.03. The minimum atomic E-state index is -0.438. The second-order valence-electron chi connectivity index (χ2n) is 8.36. The molecular weight excluding hydrogens is 499 g/mol. The van der Waals surface area contributed by atoms with Crippen molar-refractivity contribution in [1.82, 2.24) is 15.1 Å². The van der Waals surface area contributed by atoms with Crippen LogP contribution in [0.5, 0.6) is 0 Å². The zero-order chi connectivity index (χ0) is 20.6. The van der Waals surface area contributed by atoms with E-state index in [-0.39, 0.29) is 30.1 Å². The maximum Gasteiger partial charge on any atom is 0.410 e. The first-order valence-electron chi connectivity index (χ1n) is 10.3. The summed E-state index contributed by atoms with van der Waals surface area (Å²) in [6.07, 6.45) is 2.78. The molecule has 1 amide bonds. The molecule has 0 spiro atoms. The molecule has 2 rings (SSSR count). The number of piperidine rings is 1. The molecule has 0 saturated carbocycles. The molecular formula is C21H37IN4O2S. The van der Waals surface area contributed by atoms with Crippen LogP contribution in [0.15, 0.2) is 22.5 Å². The highest BCUT2D eigenvalue weighted by Gasteiger charge is 2.26. The highest BCUT2D eigenvalue weighted by atomic mass is 127. The molecule has 0 aromatic carbocycles. The summed E-state index contributed by atoms with van der Waals surface area (Å²) in [6.45, 7) is 11.9. The number of likely N-dealkylation sites (tertiary alicyclic amines) is 1. The van der Waals surface area contributed by atoms with Gasteiger partial charge in [0.25, 0.3) is 0 Å². The van der Waals surface area contributed by atoms with Gasteiger partial charge < -0.3 is 19.9 Å². The van der Waals surface area contributed by atoms with Crippen LogP contribution in [0.1, 0.15) is 45.4 Å². The number of carbonyl (C=O) groups is 1. The lowest BCUT2D eigenvalue weighted by molar-refractivity contribution is 0.0187. The van der Waals surface area contributed by atoms with Gasteiger partial charge in [-0.25, -0.2) is 4.79 Å². The Labute approximate surface area is 197 Å². The molecule has 8 heteroatoms. The third kappa shape index (κ3) is 9.55. The van der Waals surface area contributed by atoms with E-state index in [9.17, 15) is 4.79 Å². The number of thiophene rings is 1. The van der Waals surface area contributed by atoms with Gasteiger partial charge in [-0.05, 0) is 64.3 Å². The molecule has 1 aromatic heterocycles. The lowest BCUT2D eigenvalue weighted by atomic mass is 9.97. The van der Waals surface area contributed by atoms with Crippen LogP contribution in [0.25, 0.3) is 0 Å². The van der Waals surface area contributed by atoms with E-state index in [2.05, 4.69) is 41.7 Å². The van der Waals surface area contributed by atoms with E-state index >= 15 is 0 Å². The molecule has 166 valence electrons. The van der Waals surface area contributed by atoms with Crippen molar-refractivity contribution >= 4 is 47.4 Å². The Morgan fingerprint density at radius 2 is 2.07 bits per heavy atom. The van der Waals surface area contributed by atoms with E-state index in [1.165, 1.54) is 4.88 Å². The molecule has 29 heavy (non-hydrogen) atoms. The molecule has 1 aliphatic heterocycles. The van der Waals surface area contributed by atoms with E-state index in [1.807, 2.05) is 25.7 Å². The maximum atomic E-state index is 12.2. The summed E-state index contributed by atoms with van der Waals surface area (Å²) < 4.78 is 5.48. The van der Waals surface area contributed by atoms with Gasteiger partial charge in [0, 0.05) is 44.6 Å². The number of halogens is 1. The minimum absolute atomic E-state index is 0. The topological polar surface area (TPSA) is 57.2 Å². The average Bonchev–Trinajstić information content (AvgIpc) is 3.15. The van der Waals surface area contributed by atoms with Crippen molar-refractivity contribution in [2.24, 2.45) is 10.9 Å². The summed E-state index contributed by atoms with van der Waals surface area (Å²) in [5.74, 6) is 1.48. The molecule has 2 heterocycles. The third-order valence-electron chi connectivity index (χ3n) is 4.74. The minimum Gasteiger partial charge on any atom is -0.444 e. The number of hydrogen-bond donors (Lipinski definition) is 1. The fourth-order valence-corrected chi connectivity index (χ4v) is 3.85. The summed E-state index contributed by atoms with van der Waals surface area (Å²) in [5.41, 5.74) is -0.438. The first kappa shape index (κ1) is 26.0. The first-order valence-corrected chi connectivity index (χ1v) is 11.2. The van der Waals surface area contributed by atoms with Crippen LogP contribution in [0, 0.1) is 5.92 Å². The highest BCUT2D eigenvalue weighted by molar-refractivity contribution is 14.0. The SMILES string of the molecule is CCNC(=NCC1CCN(C(=O)OC(C)(C)C)CC1)N(C)CCc1cccs1.I. The van der Waals surface area contributed by atoms with Crippen molar-refractivity contribution in [3.63, 3.8) is 0 Å². The van der Waals surface area contributed by atoms with Gasteiger partial charge in [0.2, 0.25) is 0 Å². The van der Waals surface area contributed by atoms with Crippen molar-refractivity contribution in [3.05, 3.63) is 22.4 Å². The van der Waals surface area contributed by atoms with Gasteiger partial charge in [0.05, 0.1) is 0 Å². The quantitative estimate of drug-likeness (QED) is 0.332. The van der Waals surface area contributed by atoms with Crippen LogP contribution in [-0.2, 0) is 11.2 Å². The average molecular weight is 537 g/mol. The summed E-state index contributed by atoms with van der Waals surface area (Å²) in [5, 5.41) is 5.52. The van der Waals surface area contributed by atoms with Crippen molar-refractivity contribution < 1.29 is 9.53 Å². The number of rotatable bonds is 6. The van der Waals surface area contributed by atoms with Gasteiger partial charge in [0.15, 0.2) is 5.96 Å². The molecule has 1 fully saturated rings. The van der Waals surface area contributed by atoms with Gasteiger partial charge in [-0.2, -0.15) is 0 Å². The number of nitrogens with one attached hydrogen (secondary N) is 1. The number of ether oxygens (including phenoxy) is 1. The van der Waals surface area contributed by atoms with Crippen molar-refractivity contribution in [2.75, 3.05) is 39.8 Å². The van der Waals surface area contributed by atoms with Crippen molar-refractivity contribution in [3.8, 4) is 0 Å². The zero-order valence-electron chi connectivity index (χ0n) is 18.4. The largest absolute Gasteiger partial charge is 0.444 e. The van der Waals surface area contributed by atoms with Gasteiger partial charge in [0.1, 0.15) is 5.60 Å². The predicted octanol–water partition coefficient (Wildman–Crippen LogP) is 4.45. The molecule has 6 nitrogen and oxygen atoms in total. The standard InChI is InChI=1S/C21H36N4O2S.HI/c1-6-22-19(24(5)12-11-18-8-7-15-28-18)23-16-17-9-13-25(14-10-17)20(26)27-21(2,3)4;/h7-8,15,17H,6,9-14,16H2,1-5H3,(H,22,23);1H. The molecule has 0 radical (unpaired) electrons. The van der Waals surface area contributed by atoms with Crippen molar-refractivity contribution in [2.45, 2.75) is 52.6 Å². The summed E-state index contributed by atoms with van der Waals surface area (Å²) in [7, 11) is 2.10. The molecule has 1 aromatic rings. The zero-order valence-corrected chi connectivity index (χ0v) is 21.6. The van der Waals surface area contributed by atoms with Gasteiger partial charge in [-0.15, -0.1) is 35.3 Å². The normalized spacial score (nSPS) is 15.6. The van der Waals surface area contributed by atoms with Crippen LogP contribution in [0.4, 0.5) is 4.79 Å². The predicted molar refractivity (Wildman–Crippen MR) is 133 cm³/mol. The molecule has 1 saturated heterocycles. The second kappa shape index (κ2) is 12.6. The van der Waals surface area contributed by atoms with Crippen LogP contribution >= 0.6 is 35.3 Å². The lowest BCUT2D eigenvalue weighted by Crippen LogP contribution is -2.43. The number of carbonyl (C=O) groups excluding carboxylic acids is 1. The van der Waals surface area contributed by atoms with E-state index in [1.54, 1.807) is 11.3 Å². The van der Waals surface area contributed by atoms with Crippen LogP contribution in [0.3, 0.4) is 0 Å². The van der Waals surface area contributed by atoms with Gasteiger partial charge in [-0.1, -0.05) is 6.07 Å². The van der Waals surface area contributed by atoms with Crippen LogP contribution in [0.2, 0.25) is 0 Å². The van der Waals surface area contributed by atoms with E-state index in [4.69, 9.17) is 9.73 Å². The second-order valence-corrected chi connectivity index (χ2v) is 9.39. The molecule has 0 unspecified atom stereocenters. The van der Waals surface area contributed by atoms with Crippen molar-refractivity contribution in [1.29, 1.82) is 0 Å². The molecule has 0 aliphatic carbocycles. The molecule has 0 atom stereocenters. The Morgan fingerprint density at radius 3 is 2.62 bits per heavy atom. The Balaban J connectivity index is 0.00000420. The highest BCUT2D eigenvalue weighted by Crippen LogP contribution is 2.20.